The molecule has 1 heterocycles. The second kappa shape index (κ2) is 7.87. The molecule has 1 atom stereocenters. The average Bonchev–Trinajstić information content (AvgIpc) is 2.67. The van der Waals surface area contributed by atoms with Crippen LogP contribution in [0.15, 0.2) is 24.3 Å². The smallest absolute Gasteiger partial charge is 0.226 e. The van der Waals surface area contributed by atoms with Crippen molar-refractivity contribution in [2.75, 3.05) is 18.8 Å². The summed E-state index contributed by atoms with van der Waals surface area (Å²) in [4.78, 5) is 14.5. The van der Waals surface area contributed by atoms with Crippen LogP contribution in [0.25, 0.3) is 0 Å². The minimum Gasteiger partial charge on any atom is -0.399 e. The van der Waals surface area contributed by atoms with Crippen LogP contribution in [-0.2, 0) is 11.2 Å². The monoisotopic (exact) mass is 324 g/mol. The van der Waals surface area contributed by atoms with E-state index in [4.69, 9.17) is 5.73 Å². The van der Waals surface area contributed by atoms with Crippen LogP contribution in [0.3, 0.4) is 0 Å². The van der Waals surface area contributed by atoms with E-state index < -0.39 is 0 Å². The third kappa shape index (κ3) is 5.20. The number of nitrogen functional groups attached to an aromatic ring is 1. The molecule has 1 saturated heterocycles. The molecule has 0 spiro atoms. The van der Waals surface area contributed by atoms with Crippen LogP contribution >= 0.6 is 12.4 Å². The number of carbonyl (C=O) groups is 1. The highest BCUT2D eigenvalue weighted by Gasteiger charge is 2.28. The van der Waals surface area contributed by atoms with Crippen LogP contribution < -0.4 is 5.73 Å². The van der Waals surface area contributed by atoms with Gasteiger partial charge in [0.25, 0.3) is 0 Å². The Morgan fingerprint density at radius 3 is 2.41 bits per heavy atom. The van der Waals surface area contributed by atoms with Crippen LogP contribution in [0.5, 0.6) is 0 Å². The summed E-state index contributed by atoms with van der Waals surface area (Å²) < 4.78 is 0. The molecule has 1 fully saturated rings. The number of carbonyl (C=O) groups excluding carboxylic acids is 1. The van der Waals surface area contributed by atoms with E-state index in [9.17, 15) is 4.79 Å². The molecule has 124 valence electrons. The molecule has 0 aromatic heterocycles. The van der Waals surface area contributed by atoms with E-state index in [1.165, 1.54) is 6.42 Å². The van der Waals surface area contributed by atoms with E-state index in [2.05, 4.69) is 20.8 Å². The molecule has 0 aliphatic carbocycles. The number of likely N-dealkylation sites (tertiary alicyclic amines) is 1. The maximum Gasteiger partial charge on any atom is 0.226 e. The molecule has 1 aromatic rings. The van der Waals surface area contributed by atoms with Crippen molar-refractivity contribution >= 4 is 24.0 Å². The van der Waals surface area contributed by atoms with Crippen molar-refractivity contribution in [1.82, 2.24) is 4.90 Å². The zero-order valence-corrected chi connectivity index (χ0v) is 14.8. The Morgan fingerprint density at radius 1 is 1.18 bits per heavy atom. The lowest BCUT2D eigenvalue weighted by Gasteiger charge is -2.29. The highest BCUT2D eigenvalue weighted by molar-refractivity contribution is 5.85. The first-order chi connectivity index (χ1) is 9.86. The largest absolute Gasteiger partial charge is 0.399 e. The van der Waals surface area contributed by atoms with Crippen molar-refractivity contribution in [3.05, 3.63) is 29.8 Å². The van der Waals surface area contributed by atoms with Gasteiger partial charge in [0.05, 0.1) is 6.42 Å². The van der Waals surface area contributed by atoms with Crippen molar-refractivity contribution < 1.29 is 4.79 Å². The van der Waals surface area contributed by atoms with E-state index in [1.807, 2.05) is 29.2 Å². The molecule has 1 aromatic carbocycles. The van der Waals surface area contributed by atoms with Gasteiger partial charge in [-0.1, -0.05) is 32.9 Å². The fourth-order valence-electron chi connectivity index (χ4n) is 3.13. The van der Waals surface area contributed by atoms with Crippen LogP contribution in [-0.4, -0.2) is 23.9 Å². The van der Waals surface area contributed by atoms with Crippen LogP contribution in [0.2, 0.25) is 0 Å². The Balaban J connectivity index is 0.00000242. The first-order valence-electron chi connectivity index (χ1n) is 7.98. The second-order valence-corrected chi connectivity index (χ2v) is 7.29. The third-order valence-electron chi connectivity index (χ3n) is 4.64. The minimum absolute atomic E-state index is 0. The van der Waals surface area contributed by atoms with E-state index >= 15 is 0 Å². The predicted octanol–water partition coefficient (Wildman–Crippen LogP) is 3.91. The van der Waals surface area contributed by atoms with E-state index in [0.29, 0.717) is 17.8 Å². The Morgan fingerprint density at radius 2 is 1.82 bits per heavy atom. The fraction of sp³-hybridized carbons (Fsp3) is 0.611. The molecule has 0 saturated carbocycles. The lowest BCUT2D eigenvalue weighted by molar-refractivity contribution is -0.130. The maximum absolute atomic E-state index is 12.5. The van der Waals surface area contributed by atoms with Gasteiger partial charge in [-0.3, -0.25) is 4.79 Å². The standard InChI is InChI=1S/C18H28N2O.ClH/c1-18(2,3)15-5-4-11-20(12-10-15)17(21)13-14-6-8-16(19)9-7-14;/h6-9,15H,4-5,10-13,19H2,1-3H3;1H. The van der Waals surface area contributed by atoms with E-state index in [0.717, 1.165) is 37.2 Å². The van der Waals surface area contributed by atoms with Gasteiger partial charge in [-0.2, -0.15) is 0 Å². The molecule has 22 heavy (non-hydrogen) atoms. The topological polar surface area (TPSA) is 46.3 Å². The first kappa shape index (κ1) is 18.8. The molecule has 0 radical (unpaired) electrons. The van der Waals surface area contributed by atoms with Gasteiger partial charge in [-0.25, -0.2) is 0 Å². The number of hydrogen-bond donors (Lipinski definition) is 1. The molecule has 1 aliphatic heterocycles. The third-order valence-corrected chi connectivity index (χ3v) is 4.64. The lowest BCUT2D eigenvalue weighted by atomic mass is 9.77. The van der Waals surface area contributed by atoms with Crippen LogP contribution in [0.4, 0.5) is 5.69 Å². The van der Waals surface area contributed by atoms with Gasteiger partial charge in [-0.15, -0.1) is 12.4 Å². The summed E-state index contributed by atoms with van der Waals surface area (Å²) in [6.07, 6.45) is 3.96. The van der Waals surface area contributed by atoms with Crippen molar-refractivity contribution in [2.45, 2.75) is 46.5 Å². The summed E-state index contributed by atoms with van der Waals surface area (Å²) in [5.41, 5.74) is 7.82. The van der Waals surface area contributed by atoms with Gasteiger partial charge >= 0.3 is 0 Å². The summed E-state index contributed by atoms with van der Waals surface area (Å²) in [7, 11) is 0. The highest BCUT2D eigenvalue weighted by Crippen LogP contribution is 2.34. The quantitative estimate of drug-likeness (QED) is 0.838. The molecule has 1 aliphatic rings. The van der Waals surface area contributed by atoms with Gasteiger partial charge in [0.2, 0.25) is 5.91 Å². The number of nitrogens with two attached hydrogens (primary N) is 1. The summed E-state index contributed by atoms with van der Waals surface area (Å²) in [6.45, 7) is 8.73. The number of amides is 1. The van der Waals surface area contributed by atoms with E-state index in [-0.39, 0.29) is 18.3 Å². The number of halogens is 1. The first-order valence-corrected chi connectivity index (χ1v) is 7.98. The second-order valence-electron chi connectivity index (χ2n) is 7.29. The summed E-state index contributed by atoms with van der Waals surface area (Å²) >= 11 is 0. The van der Waals surface area contributed by atoms with Crippen molar-refractivity contribution in [3.63, 3.8) is 0 Å². The van der Waals surface area contributed by atoms with Gasteiger partial charge in [-0.05, 0) is 48.3 Å². The number of benzene rings is 1. The number of rotatable bonds is 2. The van der Waals surface area contributed by atoms with Gasteiger partial charge in [0, 0.05) is 18.8 Å². The summed E-state index contributed by atoms with van der Waals surface area (Å²) in [5, 5.41) is 0. The molecular weight excluding hydrogens is 296 g/mol. The van der Waals surface area contributed by atoms with Crippen LogP contribution in [0.1, 0.15) is 45.6 Å². The summed E-state index contributed by atoms with van der Waals surface area (Å²) in [6, 6.07) is 7.62. The van der Waals surface area contributed by atoms with Crippen molar-refractivity contribution in [3.8, 4) is 0 Å². The Kier molecular flexibility index (Phi) is 6.73. The molecule has 1 unspecified atom stereocenters. The molecule has 1 amide bonds. The van der Waals surface area contributed by atoms with Gasteiger partial charge in [0.15, 0.2) is 0 Å². The summed E-state index contributed by atoms with van der Waals surface area (Å²) in [5.74, 6) is 0.959. The minimum atomic E-state index is 0. The SMILES string of the molecule is CC(C)(C)C1CCCN(C(=O)Cc2ccc(N)cc2)CC1.Cl. The molecule has 2 rings (SSSR count). The highest BCUT2D eigenvalue weighted by atomic mass is 35.5. The Labute approximate surface area is 140 Å². The number of anilines is 1. The molecule has 2 N–H and O–H groups in total. The zero-order chi connectivity index (χ0) is 15.5. The normalized spacial score (nSPS) is 19.2. The molecule has 3 nitrogen and oxygen atoms in total. The van der Waals surface area contributed by atoms with Gasteiger partial charge < -0.3 is 10.6 Å². The van der Waals surface area contributed by atoms with Gasteiger partial charge in [0.1, 0.15) is 0 Å². The zero-order valence-electron chi connectivity index (χ0n) is 14.0. The average molecular weight is 325 g/mol. The predicted molar refractivity (Wildman–Crippen MR) is 95.2 cm³/mol. The Hall–Kier alpha value is -1.22. The molecule has 0 bridgehead atoms. The van der Waals surface area contributed by atoms with E-state index in [1.54, 1.807) is 0 Å². The maximum atomic E-state index is 12.5. The van der Waals surface area contributed by atoms with Crippen LogP contribution in [0, 0.1) is 11.3 Å². The van der Waals surface area contributed by atoms with Crippen molar-refractivity contribution in [2.24, 2.45) is 11.3 Å². The number of hydrogen-bond acceptors (Lipinski definition) is 2. The lowest BCUT2D eigenvalue weighted by Crippen LogP contribution is -2.33. The number of nitrogens with zero attached hydrogens (tertiary/aromatic N) is 1. The Bertz CT molecular complexity index is 479. The van der Waals surface area contributed by atoms with Crippen molar-refractivity contribution in [1.29, 1.82) is 0 Å². The fourth-order valence-corrected chi connectivity index (χ4v) is 3.13. The molecular formula is C18H29ClN2O. The molecule has 4 heteroatoms.